The minimum absolute atomic E-state index is 0.0947. The van der Waals surface area contributed by atoms with Crippen LogP contribution in [-0.4, -0.2) is 0 Å². The lowest BCUT2D eigenvalue weighted by Crippen LogP contribution is -1.92. The molecule has 1 rings (SSSR count). The molecule has 1 aromatic rings. The molecule has 0 bridgehead atoms. The largest absolute Gasteiger partial charge is 0.119 e. The van der Waals surface area contributed by atoms with E-state index in [1.807, 2.05) is 31.2 Å². The van der Waals surface area contributed by atoms with Crippen LogP contribution in [0.5, 0.6) is 0 Å². The van der Waals surface area contributed by atoms with Gasteiger partial charge < -0.3 is 0 Å². The smallest absolute Gasteiger partial charge is 0.0433 e. The maximum absolute atomic E-state index is 5.32. The van der Waals surface area contributed by atoms with E-state index in [2.05, 4.69) is 11.8 Å². The van der Waals surface area contributed by atoms with Gasteiger partial charge in [-0.2, -0.15) is 0 Å². The van der Waals surface area contributed by atoms with Crippen molar-refractivity contribution in [2.45, 2.75) is 12.8 Å². The van der Waals surface area contributed by atoms with Gasteiger partial charge in [0, 0.05) is 11.5 Å². The van der Waals surface area contributed by atoms with E-state index in [0.29, 0.717) is 0 Å². The van der Waals surface area contributed by atoms with Crippen LogP contribution in [0.3, 0.4) is 0 Å². The average Bonchev–Trinajstić information content (AvgIpc) is 2.16. The zero-order valence-electron chi connectivity index (χ0n) is 7.04. The van der Waals surface area contributed by atoms with Crippen molar-refractivity contribution in [3.05, 3.63) is 35.4 Å². The van der Waals surface area contributed by atoms with Gasteiger partial charge in [0.25, 0.3) is 0 Å². The number of rotatable bonds is 1. The summed E-state index contributed by atoms with van der Waals surface area (Å²) >= 11 is 0. The highest BCUT2D eigenvalue weighted by Crippen LogP contribution is 2.17. The normalized spacial score (nSPS) is 11.2. The lowest BCUT2D eigenvalue weighted by Gasteiger charge is -2.06. The van der Waals surface area contributed by atoms with Crippen molar-refractivity contribution < 1.29 is 0 Å². The minimum atomic E-state index is 0.0947. The second-order valence-electron chi connectivity index (χ2n) is 2.62. The van der Waals surface area contributed by atoms with E-state index in [-0.39, 0.29) is 5.92 Å². The summed E-state index contributed by atoms with van der Waals surface area (Å²) in [5, 5.41) is 0. The first kappa shape index (κ1) is 8.44. The zero-order chi connectivity index (χ0) is 8.97. The van der Waals surface area contributed by atoms with Gasteiger partial charge in [0.05, 0.1) is 0 Å². The summed E-state index contributed by atoms with van der Waals surface area (Å²) in [6.07, 6.45) is 10.6. The quantitative estimate of drug-likeness (QED) is 0.545. The molecule has 0 radical (unpaired) electrons. The Kier molecular flexibility index (Phi) is 2.57. The molecule has 0 amide bonds. The van der Waals surface area contributed by atoms with E-state index in [1.54, 1.807) is 0 Å². The molecule has 58 valence electrons. The number of benzene rings is 1. The lowest BCUT2D eigenvalue weighted by molar-refractivity contribution is 1.00. The Labute approximate surface area is 73.6 Å². The van der Waals surface area contributed by atoms with Gasteiger partial charge in [-0.1, -0.05) is 30.0 Å². The van der Waals surface area contributed by atoms with Gasteiger partial charge in [0.1, 0.15) is 0 Å². The van der Waals surface area contributed by atoms with Crippen molar-refractivity contribution in [1.29, 1.82) is 0 Å². The Morgan fingerprint density at radius 3 is 2.50 bits per heavy atom. The predicted molar refractivity (Wildman–Crippen MR) is 51.6 cm³/mol. The van der Waals surface area contributed by atoms with E-state index in [0.717, 1.165) is 11.1 Å². The third-order valence-corrected chi connectivity index (χ3v) is 1.83. The fourth-order valence-electron chi connectivity index (χ4n) is 1.10. The van der Waals surface area contributed by atoms with E-state index in [9.17, 15) is 0 Å². The van der Waals surface area contributed by atoms with Crippen LogP contribution in [0.25, 0.3) is 0 Å². The molecule has 0 nitrogen and oxygen atoms in total. The molecule has 0 saturated carbocycles. The summed E-state index contributed by atoms with van der Waals surface area (Å²) in [5.41, 5.74) is 1.95. The molecule has 0 heterocycles. The molecule has 0 N–H and O–H groups in total. The first-order chi connectivity index (χ1) is 5.79. The molecule has 1 aromatic carbocycles. The van der Waals surface area contributed by atoms with Crippen LogP contribution in [0.4, 0.5) is 0 Å². The highest BCUT2D eigenvalue weighted by atomic mass is 14.1. The van der Waals surface area contributed by atoms with Gasteiger partial charge in [-0.3, -0.25) is 0 Å². The second-order valence-corrected chi connectivity index (χ2v) is 2.62. The molecule has 1 atom stereocenters. The average molecular weight is 154 g/mol. The number of terminal acetylenes is 2. The molecular weight excluding hydrogens is 144 g/mol. The van der Waals surface area contributed by atoms with Crippen LogP contribution >= 0.6 is 0 Å². The summed E-state index contributed by atoms with van der Waals surface area (Å²) in [5.74, 6) is 5.37. The molecule has 0 aliphatic rings. The van der Waals surface area contributed by atoms with Crippen LogP contribution < -0.4 is 0 Å². The van der Waals surface area contributed by atoms with E-state index < -0.39 is 0 Å². The van der Waals surface area contributed by atoms with Crippen LogP contribution in [0.2, 0.25) is 0 Å². The Balaban J connectivity index is 3.18. The van der Waals surface area contributed by atoms with Crippen LogP contribution in [0, 0.1) is 24.7 Å². The van der Waals surface area contributed by atoms with Crippen molar-refractivity contribution in [2.75, 3.05) is 0 Å². The third kappa shape index (κ3) is 1.49. The monoisotopic (exact) mass is 154 g/mol. The minimum Gasteiger partial charge on any atom is -0.119 e. The van der Waals surface area contributed by atoms with Crippen LogP contribution in [0.1, 0.15) is 24.0 Å². The van der Waals surface area contributed by atoms with Crippen molar-refractivity contribution in [1.82, 2.24) is 0 Å². The molecular formula is C12H10. The summed E-state index contributed by atoms with van der Waals surface area (Å²) in [7, 11) is 0. The molecule has 0 aromatic heterocycles. The number of hydrogen-bond donors (Lipinski definition) is 0. The summed E-state index contributed by atoms with van der Waals surface area (Å²) in [4.78, 5) is 0. The third-order valence-electron chi connectivity index (χ3n) is 1.83. The molecule has 0 saturated heterocycles. The summed E-state index contributed by atoms with van der Waals surface area (Å²) in [6.45, 7) is 1.97. The van der Waals surface area contributed by atoms with E-state index >= 15 is 0 Å². The lowest BCUT2D eigenvalue weighted by atomic mass is 9.97. The Morgan fingerprint density at radius 1 is 1.25 bits per heavy atom. The second kappa shape index (κ2) is 3.65. The molecule has 0 aliphatic carbocycles. The van der Waals surface area contributed by atoms with E-state index in [1.165, 1.54) is 0 Å². The fraction of sp³-hybridized carbons (Fsp3) is 0.167. The topological polar surface area (TPSA) is 0 Å². The van der Waals surface area contributed by atoms with E-state index in [4.69, 9.17) is 12.8 Å². The maximum Gasteiger partial charge on any atom is 0.0433 e. The van der Waals surface area contributed by atoms with Gasteiger partial charge in [0.15, 0.2) is 0 Å². The predicted octanol–water partition coefficient (Wildman–Crippen LogP) is 2.40. The maximum atomic E-state index is 5.32. The molecule has 0 aliphatic heterocycles. The highest BCUT2D eigenvalue weighted by Gasteiger charge is 2.04. The Hall–Kier alpha value is -1.66. The molecule has 1 unspecified atom stereocenters. The Morgan fingerprint density at radius 2 is 1.92 bits per heavy atom. The van der Waals surface area contributed by atoms with Gasteiger partial charge in [-0.15, -0.1) is 12.8 Å². The van der Waals surface area contributed by atoms with Gasteiger partial charge in [-0.25, -0.2) is 0 Å². The van der Waals surface area contributed by atoms with Crippen molar-refractivity contribution in [3.63, 3.8) is 0 Å². The Bertz CT molecular complexity index is 347. The van der Waals surface area contributed by atoms with Gasteiger partial charge >= 0.3 is 0 Å². The standard InChI is InChI=1S/C12H10/c1-4-10(3)12-9-7-6-8-11(12)5-2/h1-2,6-10H,3H3. The number of hydrogen-bond acceptors (Lipinski definition) is 0. The molecule has 0 spiro atoms. The summed E-state index contributed by atoms with van der Waals surface area (Å²) < 4.78 is 0. The fourth-order valence-corrected chi connectivity index (χ4v) is 1.10. The molecule has 12 heavy (non-hydrogen) atoms. The highest BCUT2D eigenvalue weighted by molar-refractivity contribution is 5.43. The first-order valence-corrected chi connectivity index (χ1v) is 3.81. The van der Waals surface area contributed by atoms with Gasteiger partial charge in [0.2, 0.25) is 0 Å². The SMILES string of the molecule is C#Cc1ccccc1C(C)C#C. The van der Waals surface area contributed by atoms with Crippen molar-refractivity contribution in [3.8, 4) is 24.7 Å². The molecule has 0 fully saturated rings. The first-order valence-electron chi connectivity index (χ1n) is 3.81. The van der Waals surface area contributed by atoms with Gasteiger partial charge in [-0.05, 0) is 18.6 Å². The van der Waals surface area contributed by atoms with Crippen LogP contribution in [-0.2, 0) is 0 Å². The summed E-state index contributed by atoms with van der Waals surface area (Å²) in [6, 6.07) is 7.74. The van der Waals surface area contributed by atoms with Crippen molar-refractivity contribution >= 4 is 0 Å². The van der Waals surface area contributed by atoms with Crippen LogP contribution in [0.15, 0.2) is 24.3 Å². The molecule has 0 heteroatoms. The zero-order valence-corrected chi connectivity index (χ0v) is 7.04. The van der Waals surface area contributed by atoms with Crippen molar-refractivity contribution in [2.24, 2.45) is 0 Å².